The number of pyridine rings is 1. The van der Waals surface area contributed by atoms with Crippen LogP contribution in [0.4, 0.5) is 11.5 Å². The molecule has 1 amide bonds. The Morgan fingerprint density at radius 2 is 2.20 bits per heavy atom. The van der Waals surface area contributed by atoms with Crippen LogP contribution in [0.3, 0.4) is 0 Å². The molecule has 20 heavy (non-hydrogen) atoms. The van der Waals surface area contributed by atoms with Gasteiger partial charge in [0.25, 0.3) is 5.91 Å². The topological polar surface area (TPSA) is 54.0 Å². The van der Waals surface area contributed by atoms with Crippen LogP contribution in [-0.4, -0.2) is 17.4 Å². The molecule has 0 fully saturated rings. The minimum absolute atomic E-state index is 0.184. The first-order chi connectivity index (χ1) is 9.60. The van der Waals surface area contributed by atoms with Crippen molar-refractivity contribution in [1.82, 2.24) is 4.98 Å². The van der Waals surface area contributed by atoms with Gasteiger partial charge in [0.2, 0.25) is 0 Å². The van der Waals surface area contributed by atoms with Crippen molar-refractivity contribution in [2.24, 2.45) is 0 Å². The predicted molar refractivity (Wildman–Crippen MR) is 93.2 cm³/mol. The normalized spacial score (nSPS) is 10.2. The third-order valence-electron chi connectivity index (χ3n) is 2.53. The fraction of sp³-hybridized carbons (Fsp3) is 0.143. The van der Waals surface area contributed by atoms with Crippen LogP contribution in [0, 0.1) is 3.57 Å². The fourth-order valence-electron chi connectivity index (χ4n) is 1.69. The van der Waals surface area contributed by atoms with Crippen molar-refractivity contribution in [3.63, 3.8) is 0 Å². The van der Waals surface area contributed by atoms with E-state index in [1.807, 2.05) is 31.2 Å². The lowest BCUT2D eigenvalue weighted by Gasteiger charge is -2.11. The Balaban J connectivity index is 2.26. The number of hydrogen-bond donors (Lipinski definition) is 2. The van der Waals surface area contributed by atoms with Crippen molar-refractivity contribution in [3.05, 3.63) is 50.1 Å². The van der Waals surface area contributed by atoms with Crippen LogP contribution in [0.2, 0.25) is 0 Å². The van der Waals surface area contributed by atoms with E-state index in [9.17, 15) is 4.79 Å². The number of nitrogens with one attached hydrogen (secondary N) is 2. The smallest absolute Gasteiger partial charge is 0.259 e. The van der Waals surface area contributed by atoms with E-state index in [2.05, 4.69) is 54.1 Å². The van der Waals surface area contributed by atoms with Gasteiger partial charge in [-0.3, -0.25) is 4.79 Å². The highest BCUT2D eigenvalue weighted by molar-refractivity contribution is 14.1. The SMILES string of the molecule is CCNc1ncc(Br)cc1C(=O)Nc1cccc(I)c1. The summed E-state index contributed by atoms with van der Waals surface area (Å²) in [4.78, 5) is 16.6. The highest BCUT2D eigenvalue weighted by Gasteiger charge is 2.13. The van der Waals surface area contributed by atoms with Gasteiger partial charge in [-0.15, -0.1) is 0 Å². The van der Waals surface area contributed by atoms with Crippen LogP contribution < -0.4 is 10.6 Å². The molecule has 0 unspecified atom stereocenters. The maximum Gasteiger partial charge on any atom is 0.259 e. The maximum absolute atomic E-state index is 12.4. The van der Waals surface area contributed by atoms with Gasteiger partial charge in [0.1, 0.15) is 5.82 Å². The van der Waals surface area contributed by atoms with E-state index in [0.29, 0.717) is 17.9 Å². The lowest BCUT2D eigenvalue weighted by atomic mass is 10.2. The predicted octanol–water partition coefficient (Wildman–Crippen LogP) is 4.13. The molecular formula is C14H13BrIN3O. The quantitative estimate of drug-likeness (QED) is 0.695. The van der Waals surface area contributed by atoms with E-state index in [1.165, 1.54) is 0 Å². The molecule has 0 spiro atoms. The number of amides is 1. The van der Waals surface area contributed by atoms with Crippen molar-refractivity contribution >= 4 is 55.9 Å². The average Bonchev–Trinajstić information content (AvgIpc) is 2.41. The van der Waals surface area contributed by atoms with Gasteiger partial charge in [-0.25, -0.2) is 4.98 Å². The molecule has 0 saturated carbocycles. The van der Waals surface area contributed by atoms with E-state index in [-0.39, 0.29) is 5.91 Å². The van der Waals surface area contributed by atoms with Crippen molar-refractivity contribution in [2.75, 3.05) is 17.2 Å². The summed E-state index contributed by atoms with van der Waals surface area (Å²) in [6.07, 6.45) is 1.67. The first-order valence-electron chi connectivity index (χ1n) is 6.06. The molecule has 104 valence electrons. The van der Waals surface area contributed by atoms with Crippen LogP contribution in [-0.2, 0) is 0 Å². The summed E-state index contributed by atoms with van der Waals surface area (Å²) in [5, 5.41) is 5.97. The number of carbonyl (C=O) groups excluding carboxylic acids is 1. The van der Waals surface area contributed by atoms with Gasteiger partial charge in [-0.05, 0) is 69.7 Å². The van der Waals surface area contributed by atoms with Gasteiger partial charge in [0.05, 0.1) is 5.56 Å². The molecule has 0 aliphatic rings. The zero-order chi connectivity index (χ0) is 14.5. The standard InChI is InChI=1S/C14H13BrIN3O/c1-2-17-13-12(6-9(15)8-18-13)14(20)19-11-5-3-4-10(16)7-11/h3-8H,2H2,1H3,(H,17,18)(H,19,20). The number of halogens is 2. The van der Waals surface area contributed by atoms with Gasteiger partial charge in [0, 0.05) is 26.5 Å². The van der Waals surface area contributed by atoms with Gasteiger partial charge in [-0.1, -0.05) is 6.07 Å². The number of rotatable bonds is 4. The summed E-state index contributed by atoms with van der Waals surface area (Å²) in [6, 6.07) is 9.41. The minimum Gasteiger partial charge on any atom is -0.370 e. The second-order valence-corrected chi connectivity index (χ2v) is 6.21. The summed E-state index contributed by atoms with van der Waals surface area (Å²) in [6.45, 7) is 2.67. The third-order valence-corrected chi connectivity index (χ3v) is 3.63. The lowest BCUT2D eigenvalue weighted by molar-refractivity contribution is 0.102. The molecule has 2 rings (SSSR count). The zero-order valence-corrected chi connectivity index (χ0v) is 14.5. The Hall–Kier alpha value is -1.15. The second-order valence-electron chi connectivity index (χ2n) is 4.04. The van der Waals surface area contributed by atoms with E-state index in [4.69, 9.17) is 0 Å². The fourth-order valence-corrected chi connectivity index (χ4v) is 2.56. The molecule has 0 saturated heterocycles. The first kappa shape index (κ1) is 15.2. The van der Waals surface area contributed by atoms with E-state index in [1.54, 1.807) is 12.3 Å². The summed E-state index contributed by atoms with van der Waals surface area (Å²) in [7, 11) is 0. The Kier molecular flexibility index (Phi) is 5.36. The second kappa shape index (κ2) is 7.03. The maximum atomic E-state index is 12.4. The Bertz CT molecular complexity index is 634. The first-order valence-corrected chi connectivity index (χ1v) is 7.93. The highest BCUT2D eigenvalue weighted by Crippen LogP contribution is 2.20. The van der Waals surface area contributed by atoms with Gasteiger partial charge in [-0.2, -0.15) is 0 Å². The summed E-state index contributed by atoms with van der Waals surface area (Å²) in [5.41, 5.74) is 1.28. The van der Waals surface area contributed by atoms with E-state index in [0.717, 1.165) is 13.7 Å². The Labute approximate surface area is 139 Å². The van der Waals surface area contributed by atoms with E-state index < -0.39 is 0 Å². The number of benzene rings is 1. The summed E-state index contributed by atoms with van der Waals surface area (Å²) >= 11 is 5.55. The monoisotopic (exact) mass is 445 g/mol. The summed E-state index contributed by atoms with van der Waals surface area (Å²) in [5.74, 6) is 0.399. The average molecular weight is 446 g/mol. The van der Waals surface area contributed by atoms with Gasteiger partial charge < -0.3 is 10.6 Å². The van der Waals surface area contributed by atoms with Crippen LogP contribution in [0.5, 0.6) is 0 Å². The zero-order valence-electron chi connectivity index (χ0n) is 10.8. The van der Waals surface area contributed by atoms with E-state index >= 15 is 0 Å². The molecule has 2 aromatic rings. The number of aromatic nitrogens is 1. The molecular weight excluding hydrogens is 433 g/mol. The Morgan fingerprint density at radius 1 is 1.40 bits per heavy atom. The van der Waals surface area contributed by atoms with Crippen molar-refractivity contribution < 1.29 is 4.79 Å². The largest absolute Gasteiger partial charge is 0.370 e. The lowest BCUT2D eigenvalue weighted by Crippen LogP contribution is -2.16. The molecule has 1 heterocycles. The molecule has 0 aliphatic carbocycles. The number of anilines is 2. The third kappa shape index (κ3) is 3.92. The molecule has 0 atom stereocenters. The summed E-state index contributed by atoms with van der Waals surface area (Å²) < 4.78 is 1.84. The molecule has 1 aromatic carbocycles. The van der Waals surface area contributed by atoms with Crippen LogP contribution in [0.15, 0.2) is 41.0 Å². The molecule has 1 aromatic heterocycles. The van der Waals surface area contributed by atoms with Gasteiger partial charge in [0.15, 0.2) is 0 Å². The number of hydrogen-bond acceptors (Lipinski definition) is 3. The van der Waals surface area contributed by atoms with Crippen molar-refractivity contribution in [3.8, 4) is 0 Å². The van der Waals surface area contributed by atoms with Crippen molar-refractivity contribution in [1.29, 1.82) is 0 Å². The molecule has 6 heteroatoms. The van der Waals surface area contributed by atoms with Crippen LogP contribution in [0.25, 0.3) is 0 Å². The number of carbonyl (C=O) groups is 1. The van der Waals surface area contributed by atoms with Crippen molar-refractivity contribution in [2.45, 2.75) is 6.92 Å². The Morgan fingerprint density at radius 3 is 2.90 bits per heavy atom. The van der Waals surface area contributed by atoms with Crippen LogP contribution in [0.1, 0.15) is 17.3 Å². The molecule has 0 bridgehead atoms. The van der Waals surface area contributed by atoms with Crippen LogP contribution >= 0.6 is 38.5 Å². The molecule has 0 aliphatic heterocycles. The highest BCUT2D eigenvalue weighted by atomic mass is 127. The number of nitrogens with zero attached hydrogens (tertiary/aromatic N) is 1. The molecule has 4 nitrogen and oxygen atoms in total. The minimum atomic E-state index is -0.184. The molecule has 0 radical (unpaired) electrons. The van der Waals surface area contributed by atoms with Gasteiger partial charge >= 0.3 is 0 Å². The molecule has 2 N–H and O–H groups in total.